The van der Waals surface area contributed by atoms with Crippen molar-refractivity contribution in [2.45, 2.75) is 26.7 Å². The van der Waals surface area contributed by atoms with E-state index in [9.17, 15) is 14.9 Å². The van der Waals surface area contributed by atoms with E-state index in [4.69, 9.17) is 4.74 Å². The molecule has 0 saturated heterocycles. The largest absolute Gasteiger partial charge is 0.494 e. The number of dihydropyridines is 1. The highest BCUT2D eigenvalue weighted by molar-refractivity contribution is 8.03. The van der Waals surface area contributed by atoms with Crippen molar-refractivity contribution in [2.75, 3.05) is 17.7 Å². The summed E-state index contributed by atoms with van der Waals surface area (Å²) in [6, 6.07) is 26.4. The number of para-hydroxylation sites is 2. The standard InChI is InChI=1S/C31H29N3O3S/c1-4-37-27-13-9-8-12-24(27)29-25(18-32)31(38-19-26(35)22-16-14-20(2)15-17-22)33-21(3)28(29)30(36)34-23-10-6-5-7-11-23/h5-17,29,33H,4,19H2,1-3H3,(H,34,36)/t29-/m0/s1. The molecule has 3 aromatic rings. The molecule has 2 N–H and O–H groups in total. The molecule has 1 aliphatic heterocycles. The monoisotopic (exact) mass is 523 g/mol. The molecule has 0 bridgehead atoms. The fourth-order valence-electron chi connectivity index (χ4n) is 4.32. The zero-order valence-electron chi connectivity index (χ0n) is 21.6. The Hall–Kier alpha value is -4.28. The Labute approximate surface area is 227 Å². The number of aryl methyl sites for hydroxylation is 1. The number of rotatable bonds is 9. The molecule has 192 valence electrons. The molecule has 0 spiro atoms. The molecule has 7 heteroatoms. The maximum atomic E-state index is 13.6. The van der Waals surface area contributed by atoms with Gasteiger partial charge in [-0.3, -0.25) is 9.59 Å². The van der Waals surface area contributed by atoms with Crippen LogP contribution in [0.3, 0.4) is 0 Å². The summed E-state index contributed by atoms with van der Waals surface area (Å²) in [6.45, 7) is 6.11. The van der Waals surface area contributed by atoms with Crippen LogP contribution in [0.2, 0.25) is 0 Å². The average Bonchev–Trinajstić information content (AvgIpc) is 2.92. The maximum Gasteiger partial charge on any atom is 0.254 e. The first kappa shape index (κ1) is 26.8. The number of nitrogens with zero attached hydrogens (tertiary/aromatic N) is 1. The smallest absolute Gasteiger partial charge is 0.254 e. The molecule has 0 unspecified atom stereocenters. The van der Waals surface area contributed by atoms with Crippen molar-refractivity contribution in [3.05, 3.63) is 117 Å². The van der Waals surface area contributed by atoms with E-state index in [1.165, 1.54) is 11.8 Å². The first-order valence-corrected chi connectivity index (χ1v) is 13.3. The summed E-state index contributed by atoms with van der Waals surface area (Å²) in [6.07, 6.45) is 0. The van der Waals surface area contributed by atoms with Crippen molar-refractivity contribution in [3.8, 4) is 11.8 Å². The minimum Gasteiger partial charge on any atom is -0.494 e. The molecular weight excluding hydrogens is 494 g/mol. The molecule has 1 heterocycles. The number of thioether (sulfide) groups is 1. The molecule has 0 fully saturated rings. The Kier molecular flexibility index (Phi) is 8.67. The van der Waals surface area contributed by atoms with Crippen molar-refractivity contribution >= 4 is 29.1 Å². The van der Waals surface area contributed by atoms with Gasteiger partial charge in [0.25, 0.3) is 5.91 Å². The van der Waals surface area contributed by atoms with Gasteiger partial charge in [-0.2, -0.15) is 5.26 Å². The van der Waals surface area contributed by atoms with Crippen molar-refractivity contribution in [2.24, 2.45) is 0 Å². The molecule has 4 rings (SSSR count). The van der Waals surface area contributed by atoms with Crippen LogP contribution >= 0.6 is 11.8 Å². The number of Topliss-reactive ketones (excluding diaryl/α,β-unsaturated/α-hetero) is 1. The minimum absolute atomic E-state index is 0.0397. The second-order valence-corrected chi connectivity index (χ2v) is 9.81. The van der Waals surface area contributed by atoms with Crippen LogP contribution in [0.1, 0.15) is 41.3 Å². The number of hydrogen-bond acceptors (Lipinski definition) is 6. The number of ketones is 1. The first-order valence-electron chi connectivity index (χ1n) is 12.4. The summed E-state index contributed by atoms with van der Waals surface area (Å²) in [4.78, 5) is 26.5. The average molecular weight is 524 g/mol. The zero-order chi connectivity index (χ0) is 27.1. The maximum absolute atomic E-state index is 13.6. The molecule has 38 heavy (non-hydrogen) atoms. The Morgan fingerprint density at radius 2 is 1.68 bits per heavy atom. The van der Waals surface area contributed by atoms with Gasteiger partial charge >= 0.3 is 0 Å². The Balaban J connectivity index is 1.73. The highest BCUT2D eigenvalue weighted by Gasteiger charge is 2.36. The van der Waals surface area contributed by atoms with Gasteiger partial charge in [0.05, 0.1) is 34.9 Å². The van der Waals surface area contributed by atoms with E-state index in [1.807, 2.05) is 99.6 Å². The molecule has 6 nitrogen and oxygen atoms in total. The number of allylic oxidation sites excluding steroid dienone is 2. The third-order valence-electron chi connectivity index (χ3n) is 6.17. The van der Waals surface area contributed by atoms with Crippen molar-refractivity contribution in [1.29, 1.82) is 5.26 Å². The minimum atomic E-state index is -0.676. The zero-order valence-corrected chi connectivity index (χ0v) is 22.4. The van der Waals surface area contributed by atoms with Gasteiger partial charge in [0.1, 0.15) is 5.75 Å². The van der Waals surface area contributed by atoms with Gasteiger partial charge in [-0.05, 0) is 39.0 Å². The van der Waals surface area contributed by atoms with Crippen LogP contribution in [0.4, 0.5) is 5.69 Å². The number of anilines is 1. The highest BCUT2D eigenvalue weighted by Crippen LogP contribution is 2.44. The summed E-state index contributed by atoms with van der Waals surface area (Å²) in [5, 5.41) is 17.1. The third-order valence-corrected chi connectivity index (χ3v) is 7.19. The van der Waals surface area contributed by atoms with Gasteiger partial charge in [0.2, 0.25) is 0 Å². The number of benzene rings is 3. The van der Waals surface area contributed by atoms with E-state index >= 15 is 0 Å². The lowest BCUT2D eigenvalue weighted by molar-refractivity contribution is -0.113. The number of ether oxygens (including phenoxy) is 1. The summed E-state index contributed by atoms with van der Waals surface area (Å²) < 4.78 is 5.90. The highest BCUT2D eigenvalue weighted by atomic mass is 32.2. The lowest BCUT2D eigenvalue weighted by Crippen LogP contribution is -2.31. The fourth-order valence-corrected chi connectivity index (χ4v) is 5.31. The lowest BCUT2D eigenvalue weighted by atomic mass is 9.81. The van der Waals surface area contributed by atoms with Crippen LogP contribution in [-0.4, -0.2) is 24.1 Å². The number of carbonyl (C=O) groups excluding carboxylic acids is 2. The SMILES string of the molecule is CCOc1ccccc1[C@H]1C(C#N)=C(SCC(=O)c2ccc(C)cc2)NC(C)=C1C(=O)Nc1ccccc1. The fraction of sp³-hybridized carbons (Fsp3) is 0.194. The lowest BCUT2D eigenvalue weighted by Gasteiger charge is -2.30. The van der Waals surface area contributed by atoms with Gasteiger partial charge in [-0.1, -0.05) is 78.0 Å². The quantitative estimate of drug-likeness (QED) is 0.318. The van der Waals surface area contributed by atoms with E-state index in [-0.39, 0.29) is 17.4 Å². The Morgan fingerprint density at radius 3 is 2.37 bits per heavy atom. The Morgan fingerprint density at radius 1 is 1.00 bits per heavy atom. The van der Waals surface area contributed by atoms with Gasteiger partial charge in [-0.15, -0.1) is 0 Å². The molecule has 1 aliphatic rings. The number of carbonyl (C=O) groups is 2. The van der Waals surface area contributed by atoms with Crippen LogP contribution in [0.25, 0.3) is 0 Å². The van der Waals surface area contributed by atoms with E-state index < -0.39 is 5.92 Å². The summed E-state index contributed by atoms with van der Waals surface area (Å²) in [5.74, 6) is -0.278. The summed E-state index contributed by atoms with van der Waals surface area (Å²) in [5.41, 5.74) is 4.46. The number of amides is 1. The van der Waals surface area contributed by atoms with Gasteiger partial charge in [-0.25, -0.2) is 0 Å². The molecular formula is C31H29N3O3S. The van der Waals surface area contributed by atoms with E-state index in [2.05, 4.69) is 16.7 Å². The second kappa shape index (κ2) is 12.3. The Bertz CT molecular complexity index is 1440. The molecule has 1 atom stereocenters. The predicted octanol–water partition coefficient (Wildman–Crippen LogP) is 6.34. The van der Waals surface area contributed by atoms with Gasteiger partial charge < -0.3 is 15.4 Å². The van der Waals surface area contributed by atoms with Crippen LogP contribution in [-0.2, 0) is 4.79 Å². The third kappa shape index (κ3) is 5.99. The number of nitrogens with one attached hydrogen (secondary N) is 2. The van der Waals surface area contributed by atoms with Crippen molar-refractivity contribution in [3.63, 3.8) is 0 Å². The topological polar surface area (TPSA) is 91.2 Å². The first-order chi connectivity index (χ1) is 18.4. The van der Waals surface area contributed by atoms with Gasteiger partial charge in [0.15, 0.2) is 5.78 Å². The summed E-state index contributed by atoms with van der Waals surface area (Å²) >= 11 is 1.27. The van der Waals surface area contributed by atoms with Crippen molar-refractivity contribution in [1.82, 2.24) is 5.32 Å². The number of nitriles is 1. The van der Waals surface area contributed by atoms with E-state index in [1.54, 1.807) is 0 Å². The molecule has 0 aliphatic carbocycles. The van der Waals surface area contributed by atoms with Crippen LogP contribution in [0.15, 0.2) is 101 Å². The van der Waals surface area contributed by atoms with Crippen molar-refractivity contribution < 1.29 is 14.3 Å². The normalized spacial score (nSPS) is 14.9. The van der Waals surface area contributed by atoms with E-state index in [0.717, 1.165) is 5.56 Å². The summed E-state index contributed by atoms with van der Waals surface area (Å²) in [7, 11) is 0. The molecule has 0 saturated carbocycles. The molecule has 0 radical (unpaired) electrons. The van der Waals surface area contributed by atoms with Crippen LogP contribution in [0.5, 0.6) is 5.75 Å². The molecule has 0 aromatic heterocycles. The van der Waals surface area contributed by atoms with Gasteiger partial charge in [0, 0.05) is 28.1 Å². The number of hydrogen-bond donors (Lipinski definition) is 2. The second-order valence-electron chi connectivity index (χ2n) is 8.82. The van der Waals surface area contributed by atoms with Crippen LogP contribution < -0.4 is 15.4 Å². The molecule has 3 aromatic carbocycles. The predicted molar refractivity (Wildman–Crippen MR) is 152 cm³/mol. The van der Waals surface area contributed by atoms with E-state index in [0.29, 0.717) is 51.0 Å². The van der Waals surface area contributed by atoms with Crippen LogP contribution in [0, 0.1) is 18.3 Å². The molecule has 1 amide bonds.